The van der Waals surface area contributed by atoms with E-state index < -0.39 is 15.2 Å². The summed E-state index contributed by atoms with van der Waals surface area (Å²) in [6.07, 6.45) is 4.76. The molecule has 2 aromatic heterocycles. The fourth-order valence-electron chi connectivity index (χ4n) is 1.13. The molecule has 0 radical (unpaired) electrons. The van der Waals surface area contributed by atoms with Crippen LogP contribution in [0.5, 0.6) is 0 Å². The van der Waals surface area contributed by atoms with Gasteiger partial charge in [-0.1, -0.05) is 10.7 Å². The van der Waals surface area contributed by atoms with Crippen molar-refractivity contribution in [2.75, 3.05) is 0 Å². The summed E-state index contributed by atoms with van der Waals surface area (Å²) in [6.45, 7) is 0. The molecule has 0 spiro atoms. The molecule has 0 aromatic carbocycles. The summed E-state index contributed by atoms with van der Waals surface area (Å²) in [5.74, 6) is 0.231. The molecule has 1 N–H and O–H groups in total. The van der Waals surface area contributed by atoms with E-state index in [2.05, 4.69) is 5.10 Å². The van der Waals surface area contributed by atoms with Crippen molar-refractivity contribution in [3.63, 3.8) is 0 Å². The molecule has 0 aliphatic carbocycles. The molecular formula is C10H9N2O4S+. The third-order valence-electron chi connectivity index (χ3n) is 1.87. The Kier molecular flexibility index (Phi) is 3.03. The van der Waals surface area contributed by atoms with Crippen LogP contribution in [0, 0.1) is 0 Å². The first-order valence-electron chi connectivity index (χ1n) is 4.64. The Hall–Kier alpha value is -1.99. The average molecular weight is 253 g/mol. The third kappa shape index (κ3) is 2.99. The summed E-state index contributed by atoms with van der Waals surface area (Å²) in [5.41, 5.74) is 0. The van der Waals surface area contributed by atoms with Crippen LogP contribution in [0.3, 0.4) is 0 Å². The van der Waals surface area contributed by atoms with Crippen molar-refractivity contribution in [2.24, 2.45) is 5.10 Å². The molecule has 7 heteroatoms. The molecule has 0 bridgehead atoms. The molecule has 0 unspecified atom stereocenters. The van der Waals surface area contributed by atoms with Crippen molar-refractivity contribution < 1.29 is 22.1 Å². The topological polar surface area (TPSA) is 83.8 Å². The van der Waals surface area contributed by atoms with Gasteiger partial charge in [-0.2, -0.15) is 8.42 Å². The fraction of sp³-hybridized carbons (Fsp3) is 0. The molecule has 0 fully saturated rings. The van der Waals surface area contributed by atoms with Gasteiger partial charge in [-0.3, -0.25) is 4.55 Å². The SMILES string of the molecule is O=S(=O)(O)c1ccc(/C=N/[n+]2ccccc2)o1. The van der Waals surface area contributed by atoms with E-state index in [1.165, 1.54) is 17.0 Å². The van der Waals surface area contributed by atoms with E-state index in [0.717, 1.165) is 6.07 Å². The summed E-state index contributed by atoms with van der Waals surface area (Å²) in [5, 5.41) is 3.49. The summed E-state index contributed by atoms with van der Waals surface area (Å²) in [6, 6.07) is 7.99. The minimum absolute atomic E-state index is 0.231. The van der Waals surface area contributed by atoms with Gasteiger partial charge in [-0.25, -0.2) is 0 Å². The lowest BCUT2D eigenvalue weighted by Gasteiger charge is -1.87. The Bertz CT molecular complexity index is 631. The highest BCUT2D eigenvalue weighted by Gasteiger charge is 2.14. The maximum Gasteiger partial charge on any atom is 0.328 e. The van der Waals surface area contributed by atoms with Crippen LogP contribution in [-0.4, -0.2) is 19.2 Å². The minimum Gasteiger partial charge on any atom is -0.441 e. The number of aromatic nitrogens is 1. The summed E-state index contributed by atoms with van der Waals surface area (Å²) in [4.78, 5) is 0. The van der Waals surface area contributed by atoms with Gasteiger partial charge in [0.2, 0.25) is 17.5 Å². The van der Waals surface area contributed by atoms with Crippen LogP contribution in [0.15, 0.2) is 57.3 Å². The van der Waals surface area contributed by atoms with Gasteiger partial charge in [-0.05, 0) is 12.1 Å². The predicted molar refractivity (Wildman–Crippen MR) is 58.2 cm³/mol. The number of rotatable bonds is 3. The lowest BCUT2D eigenvalue weighted by molar-refractivity contribution is -0.678. The van der Waals surface area contributed by atoms with Crippen molar-refractivity contribution in [3.05, 3.63) is 48.5 Å². The number of pyridine rings is 1. The van der Waals surface area contributed by atoms with E-state index in [9.17, 15) is 8.42 Å². The van der Waals surface area contributed by atoms with Crippen LogP contribution in [0.2, 0.25) is 0 Å². The standard InChI is InChI=1S/C10H8N2O4S/c13-17(14,15)10-5-4-9(16-10)8-11-12-6-2-1-3-7-12/h1-8H/p+1/b11-8+. The van der Waals surface area contributed by atoms with Gasteiger partial charge in [0, 0.05) is 17.2 Å². The molecule has 0 aliphatic heterocycles. The molecule has 0 amide bonds. The molecule has 88 valence electrons. The molecule has 0 aliphatic rings. The van der Waals surface area contributed by atoms with Gasteiger partial charge < -0.3 is 4.42 Å². The van der Waals surface area contributed by atoms with Gasteiger partial charge in [-0.15, -0.1) is 0 Å². The molecular weight excluding hydrogens is 244 g/mol. The number of nitrogens with zero attached hydrogens (tertiary/aromatic N) is 2. The molecule has 0 saturated carbocycles. The largest absolute Gasteiger partial charge is 0.441 e. The van der Waals surface area contributed by atoms with Gasteiger partial charge in [0.1, 0.15) is 6.21 Å². The normalized spacial score (nSPS) is 12.1. The Balaban J connectivity index is 2.21. The third-order valence-corrected chi connectivity index (χ3v) is 2.60. The lowest BCUT2D eigenvalue weighted by atomic mass is 10.5. The Morgan fingerprint density at radius 2 is 1.94 bits per heavy atom. The fourth-order valence-corrected chi connectivity index (χ4v) is 1.57. The van der Waals surface area contributed by atoms with Crippen molar-refractivity contribution in [1.29, 1.82) is 0 Å². The van der Waals surface area contributed by atoms with Crippen LogP contribution < -0.4 is 4.68 Å². The van der Waals surface area contributed by atoms with E-state index in [-0.39, 0.29) is 5.76 Å². The first-order chi connectivity index (χ1) is 8.05. The highest BCUT2D eigenvalue weighted by Crippen LogP contribution is 2.11. The van der Waals surface area contributed by atoms with E-state index in [0.29, 0.717) is 0 Å². The second-order valence-electron chi connectivity index (χ2n) is 3.13. The zero-order chi connectivity index (χ0) is 12.3. The number of hydrogen-bond donors (Lipinski definition) is 1. The smallest absolute Gasteiger partial charge is 0.328 e. The summed E-state index contributed by atoms with van der Waals surface area (Å²) >= 11 is 0. The monoisotopic (exact) mass is 253 g/mol. The van der Waals surface area contributed by atoms with Gasteiger partial charge in [0.15, 0.2) is 5.76 Å². The van der Waals surface area contributed by atoms with E-state index in [1.54, 1.807) is 24.5 Å². The maximum atomic E-state index is 10.7. The molecule has 17 heavy (non-hydrogen) atoms. The van der Waals surface area contributed by atoms with E-state index >= 15 is 0 Å². The zero-order valence-corrected chi connectivity index (χ0v) is 9.41. The van der Waals surface area contributed by atoms with E-state index in [1.807, 2.05) is 6.07 Å². The van der Waals surface area contributed by atoms with Gasteiger partial charge >= 0.3 is 10.1 Å². The summed E-state index contributed by atoms with van der Waals surface area (Å²) < 4.78 is 36.6. The van der Waals surface area contributed by atoms with Crippen molar-refractivity contribution in [1.82, 2.24) is 0 Å². The van der Waals surface area contributed by atoms with Crippen molar-refractivity contribution >= 4 is 16.3 Å². The molecule has 0 saturated heterocycles. The number of furan rings is 1. The second-order valence-corrected chi connectivity index (χ2v) is 4.48. The Morgan fingerprint density at radius 1 is 1.24 bits per heavy atom. The molecule has 2 heterocycles. The number of hydrogen-bond acceptors (Lipinski definition) is 4. The highest BCUT2D eigenvalue weighted by atomic mass is 32.2. The van der Waals surface area contributed by atoms with Crippen LogP contribution in [0.4, 0.5) is 0 Å². The van der Waals surface area contributed by atoms with Gasteiger partial charge in [0.05, 0.1) is 0 Å². The van der Waals surface area contributed by atoms with Gasteiger partial charge in [0.25, 0.3) is 0 Å². The van der Waals surface area contributed by atoms with E-state index in [4.69, 9.17) is 8.97 Å². The first kappa shape index (κ1) is 11.5. The molecule has 2 aromatic rings. The second kappa shape index (κ2) is 4.48. The van der Waals surface area contributed by atoms with Crippen LogP contribution >= 0.6 is 0 Å². The van der Waals surface area contributed by atoms with Crippen molar-refractivity contribution in [3.8, 4) is 0 Å². The Labute approximate surface area is 97.6 Å². The minimum atomic E-state index is -4.30. The molecule has 6 nitrogen and oxygen atoms in total. The predicted octanol–water partition coefficient (Wildman–Crippen LogP) is 0.696. The molecule has 2 rings (SSSR count). The zero-order valence-electron chi connectivity index (χ0n) is 8.59. The van der Waals surface area contributed by atoms with Crippen LogP contribution in [-0.2, 0) is 10.1 Å². The average Bonchev–Trinajstić information content (AvgIpc) is 2.76. The summed E-state index contributed by atoms with van der Waals surface area (Å²) in [7, 11) is -4.30. The molecule has 0 atom stereocenters. The quantitative estimate of drug-likeness (QED) is 0.495. The maximum absolute atomic E-state index is 10.7. The lowest BCUT2D eigenvalue weighted by Crippen LogP contribution is -2.25. The van der Waals surface area contributed by atoms with Crippen molar-refractivity contribution in [2.45, 2.75) is 5.09 Å². The highest BCUT2D eigenvalue weighted by molar-refractivity contribution is 7.85. The van der Waals surface area contributed by atoms with Crippen LogP contribution in [0.1, 0.15) is 5.76 Å². The Morgan fingerprint density at radius 3 is 2.53 bits per heavy atom. The van der Waals surface area contributed by atoms with Crippen LogP contribution in [0.25, 0.3) is 0 Å². The first-order valence-corrected chi connectivity index (χ1v) is 6.08.